The van der Waals surface area contributed by atoms with Crippen LogP contribution in [0, 0.1) is 5.82 Å². The summed E-state index contributed by atoms with van der Waals surface area (Å²) < 4.78 is 20.5. The summed E-state index contributed by atoms with van der Waals surface area (Å²) in [5, 5.41) is 0. The number of ether oxygens (including phenoxy) is 1. The summed E-state index contributed by atoms with van der Waals surface area (Å²) in [6.07, 6.45) is 4.98. The number of carbonyl (C=O) groups is 1. The van der Waals surface area contributed by atoms with Crippen molar-refractivity contribution >= 4 is 29.2 Å². The Kier molecular flexibility index (Phi) is 7.60. The minimum atomic E-state index is -0.434. The van der Waals surface area contributed by atoms with Crippen LogP contribution in [0.4, 0.5) is 15.8 Å². The molecule has 6 heteroatoms. The molecule has 0 N–H and O–H groups in total. The molecule has 0 fully saturated rings. The van der Waals surface area contributed by atoms with Crippen LogP contribution in [0.25, 0.3) is 6.08 Å². The van der Waals surface area contributed by atoms with Crippen molar-refractivity contribution in [2.24, 2.45) is 4.99 Å². The molecule has 1 amide bonds. The molecule has 0 bridgehead atoms. The van der Waals surface area contributed by atoms with E-state index in [1.54, 1.807) is 36.4 Å². The van der Waals surface area contributed by atoms with Crippen LogP contribution in [0.2, 0.25) is 0 Å². The van der Waals surface area contributed by atoms with Gasteiger partial charge in [-0.05, 0) is 66.6 Å². The summed E-state index contributed by atoms with van der Waals surface area (Å²) >= 11 is 0. The quantitative estimate of drug-likeness (QED) is 0.272. The first-order valence-corrected chi connectivity index (χ1v) is 11.9. The number of aliphatic imine (C=N–C) groups is 1. The van der Waals surface area contributed by atoms with Crippen molar-refractivity contribution in [3.05, 3.63) is 95.4 Å². The van der Waals surface area contributed by atoms with Crippen LogP contribution in [0.15, 0.2) is 83.5 Å². The molecule has 0 saturated heterocycles. The van der Waals surface area contributed by atoms with Crippen LogP contribution >= 0.6 is 0 Å². The number of rotatable bonds is 9. The molecular weight excluding hydrogens is 441 g/mol. The molecule has 0 radical (unpaired) electrons. The number of halogens is 1. The Balaban J connectivity index is 1.66. The summed E-state index contributed by atoms with van der Waals surface area (Å²) in [6.45, 7) is 2.80. The smallest absolute Gasteiger partial charge is 0.282 e. The second kappa shape index (κ2) is 11.0. The Morgan fingerprint density at radius 2 is 1.69 bits per heavy atom. The Hall–Kier alpha value is -3.93. The molecule has 35 heavy (non-hydrogen) atoms. The summed E-state index contributed by atoms with van der Waals surface area (Å²) in [6, 6.07) is 21.4. The molecule has 0 atom stereocenters. The lowest BCUT2D eigenvalue weighted by molar-refractivity contribution is -0.113. The molecule has 0 unspecified atom stereocenters. The highest BCUT2D eigenvalue weighted by Crippen LogP contribution is 2.30. The number of nitrogens with zero attached hydrogens (tertiary/aromatic N) is 3. The molecule has 3 aromatic rings. The molecule has 0 saturated carbocycles. The average molecular weight is 472 g/mol. The van der Waals surface area contributed by atoms with Gasteiger partial charge in [-0.3, -0.25) is 9.69 Å². The van der Waals surface area contributed by atoms with E-state index in [0.29, 0.717) is 12.3 Å². The second-order valence-corrected chi connectivity index (χ2v) is 8.62. The second-order valence-electron chi connectivity index (χ2n) is 8.62. The van der Waals surface area contributed by atoms with E-state index >= 15 is 0 Å². The van der Waals surface area contributed by atoms with Gasteiger partial charge >= 0.3 is 0 Å². The SMILES string of the molecule is CCCCCOc1ccc(N2C(=O)C(=Cc3ccc(N(C)C)cc3)N=C2c2ccccc2F)cc1. The van der Waals surface area contributed by atoms with Crippen molar-refractivity contribution in [1.29, 1.82) is 0 Å². The van der Waals surface area contributed by atoms with Crippen molar-refractivity contribution in [1.82, 2.24) is 0 Å². The molecule has 3 aromatic carbocycles. The van der Waals surface area contributed by atoms with E-state index in [4.69, 9.17) is 4.74 Å². The van der Waals surface area contributed by atoms with Gasteiger partial charge in [-0.25, -0.2) is 9.38 Å². The zero-order chi connectivity index (χ0) is 24.8. The Labute approximate surface area is 206 Å². The molecule has 4 rings (SSSR count). The maximum absolute atomic E-state index is 14.7. The van der Waals surface area contributed by atoms with Gasteiger partial charge in [0.15, 0.2) is 5.84 Å². The van der Waals surface area contributed by atoms with Gasteiger partial charge in [0.2, 0.25) is 0 Å². The van der Waals surface area contributed by atoms with Gasteiger partial charge in [0.05, 0.1) is 17.9 Å². The minimum absolute atomic E-state index is 0.251. The zero-order valence-electron chi connectivity index (χ0n) is 20.4. The van der Waals surface area contributed by atoms with Crippen molar-refractivity contribution in [3.8, 4) is 5.75 Å². The molecule has 1 heterocycles. The first-order chi connectivity index (χ1) is 17.0. The lowest BCUT2D eigenvalue weighted by Gasteiger charge is -2.19. The number of amides is 1. The van der Waals surface area contributed by atoms with Crippen LogP contribution < -0.4 is 14.5 Å². The highest BCUT2D eigenvalue weighted by atomic mass is 19.1. The largest absolute Gasteiger partial charge is 0.494 e. The topological polar surface area (TPSA) is 45.1 Å². The third-order valence-corrected chi connectivity index (χ3v) is 5.80. The van der Waals surface area contributed by atoms with Crippen molar-refractivity contribution in [2.45, 2.75) is 26.2 Å². The van der Waals surface area contributed by atoms with Crippen LogP contribution in [-0.4, -0.2) is 32.4 Å². The predicted octanol–water partition coefficient (Wildman–Crippen LogP) is 6.30. The molecule has 5 nitrogen and oxygen atoms in total. The third-order valence-electron chi connectivity index (χ3n) is 5.80. The van der Waals surface area contributed by atoms with Crippen molar-refractivity contribution in [2.75, 3.05) is 30.5 Å². The number of benzene rings is 3. The predicted molar refractivity (Wildman–Crippen MR) is 141 cm³/mol. The number of hydrogen-bond acceptors (Lipinski definition) is 4. The first-order valence-electron chi connectivity index (χ1n) is 11.9. The van der Waals surface area contributed by atoms with Crippen LogP contribution in [0.5, 0.6) is 5.75 Å². The normalized spacial score (nSPS) is 14.4. The maximum Gasteiger partial charge on any atom is 0.282 e. The van der Waals surface area contributed by atoms with Gasteiger partial charge < -0.3 is 9.64 Å². The number of anilines is 2. The maximum atomic E-state index is 14.7. The molecule has 180 valence electrons. The van der Waals surface area contributed by atoms with Gasteiger partial charge in [-0.2, -0.15) is 0 Å². The third kappa shape index (κ3) is 5.60. The highest BCUT2D eigenvalue weighted by molar-refractivity contribution is 6.33. The van der Waals surface area contributed by atoms with E-state index in [1.165, 1.54) is 11.0 Å². The summed E-state index contributed by atoms with van der Waals surface area (Å²) in [4.78, 5) is 21.5. The Morgan fingerprint density at radius 3 is 2.34 bits per heavy atom. The lowest BCUT2D eigenvalue weighted by Crippen LogP contribution is -2.33. The number of carbonyl (C=O) groups excluding carboxylic acids is 1. The van der Waals surface area contributed by atoms with E-state index in [-0.39, 0.29) is 23.0 Å². The monoisotopic (exact) mass is 471 g/mol. The van der Waals surface area contributed by atoms with Crippen LogP contribution in [-0.2, 0) is 4.79 Å². The van der Waals surface area contributed by atoms with Crippen molar-refractivity contribution < 1.29 is 13.9 Å². The molecule has 1 aliphatic rings. The summed E-state index contributed by atoms with van der Waals surface area (Å²) in [5.41, 5.74) is 3.02. The van der Waals surface area contributed by atoms with E-state index in [1.807, 2.05) is 55.4 Å². The average Bonchev–Trinajstić information content (AvgIpc) is 3.18. The van der Waals surface area contributed by atoms with Crippen LogP contribution in [0.1, 0.15) is 37.3 Å². The van der Waals surface area contributed by atoms with E-state index < -0.39 is 5.82 Å². The molecule has 0 spiro atoms. The first kappa shape index (κ1) is 24.2. The number of hydrogen-bond donors (Lipinski definition) is 0. The van der Waals surface area contributed by atoms with Crippen LogP contribution in [0.3, 0.4) is 0 Å². The van der Waals surface area contributed by atoms with Gasteiger partial charge in [0.25, 0.3) is 5.91 Å². The summed E-state index contributed by atoms with van der Waals surface area (Å²) in [5.74, 6) is 0.256. The Bertz CT molecular complexity index is 1230. The summed E-state index contributed by atoms with van der Waals surface area (Å²) in [7, 11) is 3.94. The van der Waals surface area contributed by atoms with E-state index in [0.717, 1.165) is 36.3 Å². The molecule has 1 aliphatic heterocycles. The molecule has 0 aromatic heterocycles. The van der Waals surface area contributed by atoms with E-state index in [2.05, 4.69) is 11.9 Å². The van der Waals surface area contributed by atoms with Gasteiger partial charge in [-0.15, -0.1) is 0 Å². The Morgan fingerprint density at radius 1 is 0.971 bits per heavy atom. The highest BCUT2D eigenvalue weighted by Gasteiger charge is 2.33. The van der Waals surface area contributed by atoms with Gasteiger partial charge in [0, 0.05) is 19.8 Å². The fourth-order valence-electron chi connectivity index (χ4n) is 3.84. The van der Waals surface area contributed by atoms with E-state index in [9.17, 15) is 9.18 Å². The standard InChI is InChI=1S/C29H30FN3O2/c1-4-5-8-19-35-24-17-15-23(16-18-24)33-28(25-9-6-7-10-26(25)30)31-27(29(33)34)20-21-11-13-22(14-12-21)32(2)3/h6-7,9-18,20H,4-5,8,19H2,1-3H3. The number of unbranched alkanes of at least 4 members (excludes halogenated alkanes) is 2. The number of amidine groups is 1. The van der Waals surface area contributed by atoms with Gasteiger partial charge in [0.1, 0.15) is 17.3 Å². The minimum Gasteiger partial charge on any atom is -0.494 e. The zero-order valence-corrected chi connectivity index (χ0v) is 20.4. The molecule has 0 aliphatic carbocycles. The molecular formula is C29H30FN3O2. The fourth-order valence-corrected chi connectivity index (χ4v) is 3.84. The van der Waals surface area contributed by atoms with Crippen molar-refractivity contribution in [3.63, 3.8) is 0 Å². The van der Waals surface area contributed by atoms with Gasteiger partial charge in [-0.1, -0.05) is 44.0 Å². The lowest BCUT2D eigenvalue weighted by atomic mass is 10.1. The fraction of sp³-hybridized carbons (Fsp3) is 0.241.